The fourth-order valence-corrected chi connectivity index (χ4v) is 0.735. The highest BCUT2D eigenvalue weighted by Crippen LogP contribution is 2.19. The second-order valence-electron chi connectivity index (χ2n) is 4.02. The van der Waals surface area contributed by atoms with Crippen molar-refractivity contribution in [2.75, 3.05) is 6.61 Å². The van der Waals surface area contributed by atoms with Crippen molar-refractivity contribution in [3.8, 4) is 0 Å². The molecule has 0 aliphatic heterocycles. The maximum Gasteiger partial charge on any atom is 0.303 e. The van der Waals surface area contributed by atoms with E-state index in [-0.39, 0.29) is 6.61 Å². The minimum absolute atomic E-state index is 0.353. The minimum atomic E-state index is -1.09. The Bertz CT molecular complexity index is 202. The van der Waals surface area contributed by atoms with Gasteiger partial charge in [0, 0.05) is 6.92 Å². The van der Waals surface area contributed by atoms with Crippen molar-refractivity contribution < 1.29 is 19.4 Å². The molecular formula is C9H16O4. The van der Waals surface area contributed by atoms with Gasteiger partial charge in [0.25, 0.3) is 0 Å². The second-order valence-corrected chi connectivity index (χ2v) is 4.02. The number of aliphatic hydroxyl groups excluding tert-OH is 1. The van der Waals surface area contributed by atoms with Crippen LogP contribution in [0.4, 0.5) is 0 Å². The van der Waals surface area contributed by atoms with Gasteiger partial charge >= 0.3 is 5.97 Å². The number of carbonyl (C=O) groups excluding carboxylic acids is 2. The van der Waals surface area contributed by atoms with Gasteiger partial charge < -0.3 is 9.84 Å². The Morgan fingerprint density at radius 3 is 2.15 bits per heavy atom. The molecule has 4 nitrogen and oxygen atoms in total. The molecule has 0 heterocycles. The zero-order valence-corrected chi connectivity index (χ0v) is 8.46. The van der Waals surface area contributed by atoms with E-state index >= 15 is 0 Å². The third-order valence-electron chi connectivity index (χ3n) is 1.54. The molecule has 0 rings (SSSR count). The first-order valence-electron chi connectivity index (χ1n) is 4.09. The Labute approximate surface area is 77.9 Å². The van der Waals surface area contributed by atoms with Crippen LogP contribution in [0.2, 0.25) is 0 Å². The van der Waals surface area contributed by atoms with Crippen molar-refractivity contribution in [1.29, 1.82) is 0 Å². The van der Waals surface area contributed by atoms with Crippen molar-refractivity contribution in [3.05, 3.63) is 0 Å². The number of hydrogen-bond acceptors (Lipinski definition) is 4. The molecule has 0 amide bonds. The number of hydrogen-bond donors (Lipinski definition) is 1. The summed E-state index contributed by atoms with van der Waals surface area (Å²) < 4.78 is 4.47. The van der Waals surface area contributed by atoms with E-state index in [1.54, 1.807) is 20.8 Å². The lowest BCUT2D eigenvalue weighted by Crippen LogP contribution is -2.36. The van der Waals surface area contributed by atoms with Gasteiger partial charge in [0.15, 0.2) is 12.4 Å². The SMILES string of the molecule is CC(=O)OCC(=O)C(O)C(C)(C)C. The summed E-state index contributed by atoms with van der Waals surface area (Å²) in [6.07, 6.45) is -1.09. The summed E-state index contributed by atoms with van der Waals surface area (Å²) in [5.74, 6) is -0.989. The molecule has 0 fully saturated rings. The summed E-state index contributed by atoms with van der Waals surface area (Å²) in [5.41, 5.74) is -0.517. The Hall–Kier alpha value is -0.900. The van der Waals surface area contributed by atoms with Gasteiger partial charge in [-0.1, -0.05) is 20.8 Å². The summed E-state index contributed by atoms with van der Waals surface area (Å²) in [4.78, 5) is 21.5. The Balaban J connectivity index is 4.05. The highest BCUT2D eigenvalue weighted by Gasteiger charge is 2.29. The van der Waals surface area contributed by atoms with Crippen LogP contribution < -0.4 is 0 Å². The summed E-state index contributed by atoms with van der Waals surface area (Å²) in [5, 5.41) is 9.43. The fourth-order valence-electron chi connectivity index (χ4n) is 0.735. The van der Waals surface area contributed by atoms with E-state index < -0.39 is 23.3 Å². The summed E-state index contributed by atoms with van der Waals surface area (Å²) in [7, 11) is 0. The lowest BCUT2D eigenvalue weighted by molar-refractivity contribution is -0.150. The molecule has 13 heavy (non-hydrogen) atoms. The van der Waals surface area contributed by atoms with Crippen molar-refractivity contribution in [3.63, 3.8) is 0 Å². The van der Waals surface area contributed by atoms with Crippen molar-refractivity contribution in [2.45, 2.75) is 33.8 Å². The normalized spacial score (nSPS) is 13.6. The van der Waals surface area contributed by atoms with Gasteiger partial charge in [0.1, 0.15) is 6.10 Å². The van der Waals surface area contributed by atoms with Crippen LogP contribution in [0.1, 0.15) is 27.7 Å². The van der Waals surface area contributed by atoms with Gasteiger partial charge in [-0.05, 0) is 5.41 Å². The first-order valence-corrected chi connectivity index (χ1v) is 4.09. The standard InChI is InChI=1S/C9H16O4/c1-6(10)13-5-7(11)8(12)9(2,3)4/h8,12H,5H2,1-4H3. The zero-order valence-electron chi connectivity index (χ0n) is 8.46. The third kappa shape index (κ3) is 4.62. The summed E-state index contributed by atoms with van der Waals surface area (Å²) in [6, 6.07) is 0. The highest BCUT2D eigenvalue weighted by molar-refractivity contribution is 5.86. The number of aliphatic hydroxyl groups is 1. The summed E-state index contributed by atoms with van der Waals surface area (Å²) in [6.45, 7) is 6.08. The molecule has 76 valence electrons. The van der Waals surface area contributed by atoms with Gasteiger partial charge in [-0.15, -0.1) is 0 Å². The van der Waals surface area contributed by atoms with Crippen molar-refractivity contribution >= 4 is 11.8 Å². The lowest BCUT2D eigenvalue weighted by Gasteiger charge is -2.24. The molecule has 1 unspecified atom stereocenters. The lowest BCUT2D eigenvalue weighted by atomic mass is 9.87. The molecule has 0 saturated heterocycles. The monoisotopic (exact) mass is 188 g/mol. The van der Waals surface area contributed by atoms with E-state index in [9.17, 15) is 14.7 Å². The maximum absolute atomic E-state index is 11.2. The van der Waals surface area contributed by atoms with Gasteiger partial charge in [-0.2, -0.15) is 0 Å². The predicted octanol–water partition coefficient (Wildman–Crippen LogP) is 0.526. The molecule has 4 heteroatoms. The number of ether oxygens (including phenoxy) is 1. The van der Waals surface area contributed by atoms with Gasteiger partial charge in [0.05, 0.1) is 0 Å². The molecule has 0 aromatic rings. The van der Waals surface area contributed by atoms with Crippen molar-refractivity contribution in [2.24, 2.45) is 5.41 Å². The van der Waals surface area contributed by atoms with Crippen LogP contribution in [0, 0.1) is 5.41 Å². The number of rotatable bonds is 3. The van der Waals surface area contributed by atoms with Crippen LogP contribution in [-0.2, 0) is 14.3 Å². The predicted molar refractivity (Wildman–Crippen MR) is 47.1 cm³/mol. The van der Waals surface area contributed by atoms with E-state index in [1.807, 2.05) is 0 Å². The van der Waals surface area contributed by atoms with Crippen LogP contribution >= 0.6 is 0 Å². The molecular weight excluding hydrogens is 172 g/mol. The maximum atomic E-state index is 11.2. The third-order valence-corrected chi connectivity index (χ3v) is 1.54. The first kappa shape index (κ1) is 12.1. The first-order chi connectivity index (χ1) is 5.75. The highest BCUT2D eigenvalue weighted by atomic mass is 16.5. The minimum Gasteiger partial charge on any atom is -0.458 e. The smallest absolute Gasteiger partial charge is 0.303 e. The van der Waals surface area contributed by atoms with Crippen LogP contribution in [0.25, 0.3) is 0 Å². The molecule has 1 atom stereocenters. The van der Waals surface area contributed by atoms with Gasteiger partial charge in [-0.3, -0.25) is 9.59 Å². The van der Waals surface area contributed by atoms with Gasteiger partial charge in [-0.25, -0.2) is 0 Å². The molecule has 0 bridgehead atoms. The molecule has 1 N–H and O–H groups in total. The van der Waals surface area contributed by atoms with Crippen LogP contribution in [-0.4, -0.2) is 29.6 Å². The molecule has 0 radical (unpaired) electrons. The Morgan fingerprint density at radius 2 is 1.85 bits per heavy atom. The van der Waals surface area contributed by atoms with Crippen LogP contribution in [0.15, 0.2) is 0 Å². The molecule has 0 saturated carbocycles. The van der Waals surface area contributed by atoms with E-state index in [0.29, 0.717) is 0 Å². The number of ketones is 1. The van der Waals surface area contributed by atoms with Crippen LogP contribution in [0.3, 0.4) is 0 Å². The topological polar surface area (TPSA) is 63.6 Å². The van der Waals surface area contributed by atoms with Crippen molar-refractivity contribution in [1.82, 2.24) is 0 Å². The average Bonchev–Trinajstić information content (AvgIpc) is 1.96. The molecule has 0 aromatic carbocycles. The van der Waals surface area contributed by atoms with E-state index in [4.69, 9.17) is 0 Å². The Morgan fingerprint density at radius 1 is 1.38 bits per heavy atom. The quantitative estimate of drug-likeness (QED) is 0.656. The molecule has 0 aliphatic rings. The van der Waals surface area contributed by atoms with Crippen LogP contribution in [0.5, 0.6) is 0 Å². The van der Waals surface area contributed by atoms with E-state index in [1.165, 1.54) is 6.92 Å². The average molecular weight is 188 g/mol. The molecule has 0 spiro atoms. The van der Waals surface area contributed by atoms with E-state index in [0.717, 1.165) is 0 Å². The number of esters is 1. The molecule has 0 aromatic heterocycles. The second kappa shape index (κ2) is 4.37. The zero-order chi connectivity index (χ0) is 10.6. The van der Waals surface area contributed by atoms with Gasteiger partial charge in [0.2, 0.25) is 0 Å². The Kier molecular flexibility index (Phi) is 4.07. The fraction of sp³-hybridized carbons (Fsp3) is 0.778. The summed E-state index contributed by atoms with van der Waals surface area (Å²) >= 11 is 0. The van der Waals surface area contributed by atoms with E-state index in [2.05, 4.69) is 4.74 Å². The number of Topliss-reactive ketones (excluding diaryl/α,β-unsaturated/α-hetero) is 1. The largest absolute Gasteiger partial charge is 0.458 e. The number of carbonyl (C=O) groups is 2. The molecule has 0 aliphatic carbocycles.